The van der Waals surface area contributed by atoms with Crippen LogP contribution in [0.1, 0.15) is 57.0 Å². The van der Waals surface area contributed by atoms with Crippen LogP contribution in [0, 0.1) is 0 Å². The Morgan fingerprint density at radius 2 is 2.17 bits per heavy atom. The fourth-order valence-electron chi connectivity index (χ4n) is 2.74. The highest BCUT2D eigenvalue weighted by Gasteiger charge is 2.27. The lowest BCUT2D eigenvalue weighted by Gasteiger charge is -2.33. The Morgan fingerprint density at radius 3 is 2.87 bits per heavy atom. The monoisotopic (exact) mass is 338 g/mol. The fourth-order valence-corrected chi connectivity index (χ4v) is 3.70. The van der Waals surface area contributed by atoms with Gasteiger partial charge in [0.1, 0.15) is 5.60 Å². The van der Waals surface area contributed by atoms with E-state index in [-0.39, 0.29) is 11.9 Å². The lowest BCUT2D eigenvalue weighted by molar-refractivity contribution is -0.133. The number of ether oxygens (including phenoxy) is 1. The zero-order valence-electron chi connectivity index (χ0n) is 14.3. The van der Waals surface area contributed by atoms with E-state index in [2.05, 4.69) is 23.7 Å². The van der Waals surface area contributed by atoms with Gasteiger partial charge < -0.3 is 15.0 Å². The number of fused-ring (bicyclic) bond motifs is 1. The van der Waals surface area contributed by atoms with Gasteiger partial charge in [0.25, 0.3) is 0 Å². The first-order valence-electron chi connectivity index (χ1n) is 8.10. The highest BCUT2D eigenvalue weighted by atomic mass is 32.1. The van der Waals surface area contributed by atoms with Gasteiger partial charge in [0.05, 0.1) is 6.04 Å². The maximum atomic E-state index is 12.4. The van der Waals surface area contributed by atoms with E-state index in [1.807, 2.05) is 25.7 Å². The van der Waals surface area contributed by atoms with Crippen molar-refractivity contribution in [3.05, 3.63) is 21.9 Å². The molecule has 6 heteroatoms. The molecule has 0 saturated heterocycles. The quantitative estimate of drug-likeness (QED) is 0.855. The van der Waals surface area contributed by atoms with Crippen molar-refractivity contribution in [1.82, 2.24) is 10.2 Å². The smallest absolute Gasteiger partial charge is 0.407 e. The van der Waals surface area contributed by atoms with Crippen molar-refractivity contribution in [2.24, 2.45) is 0 Å². The lowest BCUT2D eigenvalue weighted by Crippen LogP contribution is -2.38. The molecule has 0 aliphatic carbocycles. The average Bonchev–Trinajstić information content (AvgIpc) is 2.91. The first-order valence-corrected chi connectivity index (χ1v) is 8.98. The minimum absolute atomic E-state index is 0.149. The standard InChI is InChI=1S/C17H26N2O3S/c1-12-13-8-11-23-14(13)7-10-19(12)15(20)6-5-9-18-16(21)22-17(2,3)4/h8,11-12H,5-7,9-10H2,1-4H3,(H,18,21)/t12-/m1/s1. The first-order chi connectivity index (χ1) is 10.8. The molecule has 1 aliphatic heterocycles. The van der Waals surface area contributed by atoms with Crippen LogP contribution in [-0.4, -0.2) is 35.6 Å². The van der Waals surface area contributed by atoms with Crippen molar-refractivity contribution in [2.45, 2.75) is 58.6 Å². The summed E-state index contributed by atoms with van der Waals surface area (Å²) in [5, 5.41) is 4.79. The predicted octanol–water partition coefficient (Wildman–Crippen LogP) is 3.50. The van der Waals surface area contributed by atoms with Gasteiger partial charge in [0.15, 0.2) is 0 Å². The van der Waals surface area contributed by atoms with E-state index in [9.17, 15) is 9.59 Å². The largest absolute Gasteiger partial charge is 0.444 e. The molecule has 0 bridgehead atoms. The third-order valence-electron chi connectivity index (χ3n) is 3.83. The van der Waals surface area contributed by atoms with Crippen LogP contribution in [0.25, 0.3) is 0 Å². The fraction of sp³-hybridized carbons (Fsp3) is 0.647. The molecule has 0 fully saturated rings. The van der Waals surface area contributed by atoms with E-state index >= 15 is 0 Å². The summed E-state index contributed by atoms with van der Waals surface area (Å²) in [5.74, 6) is 0.153. The van der Waals surface area contributed by atoms with Gasteiger partial charge >= 0.3 is 6.09 Å². The summed E-state index contributed by atoms with van der Waals surface area (Å²) in [6.07, 6.45) is 1.58. The van der Waals surface area contributed by atoms with Gasteiger partial charge in [-0.15, -0.1) is 11.3 Å². The number of hydrogen-bond acceptors (Lipinski definition) is 4. The van der Waals surface area contributed by atoms with Crippen LogP contribution >= 0.6 is 11.3 Å². The zero-order valence-corrected chi connectivity index (χ0v) is 15.2. The van der Waals surface area contributed by atoms with E-state index in [0.717, 1.165) is 13.0 Å². The van der Waals surface area contributed by atoms with Gasteiger partial charge in [-0.3, -0.25) is 4.79 Å². The van der Waals surface area contributed by atoms with Crippen LogP contribution < -0.4 is 5.32 Å². The molecule has 23 heavy (non-hydrogen) atoms. The maximum Gasteiger partial charge on any atom is 0.407 e. The predicted molar refractivity (Wildman–Crippen MR) is 91.6 cm³/mol. The number of nitrogens with zero attached hydrogens (tertiary/aromatic N) is 1. The van der Waals surface area contributed by atoms with Crippen LogP contribution in [0.3, 0.4) is 0 Å². The molecule has 0 aromatic carbocycles. The molecule has 128 valence electrons. The molecule has 5 nitrogen and oxygen atoms in total. The third kappa shape index (κ3) is 4.96. The number of thiophene rings is 1. The zero-order chi connectivity index (χ0) is 17.0. The van der Waals surface area contributed by atoms with E-state index in [1.165, 1.54) is 10.4 Å². The molecule has 1 N–H and O–H groups in total. The second kappa shape index (κ2) is 7.34. The summed E-state index contributed by atoms with van der Waals surface area (Å²) in [7, 11) is 0. The van der Waals surface area contributed by atoms with Crippen molar-refractivity contribution < 1.29 is 14.3 Å². The van der Waals surface area contributed by atoms with Gasteiger partial charge in [-0.05, 0) is 57.5 Å². The summed E-state index contributed by atoms with van der Waals surface area (Å²) in [5.41, 5.74) is 0.781. The SMILES string of the molecule is C[C@@H]1c2ccsc2CCN1C(=O)CCCNC(=O)OC(C)(C)C. The van der Waals surface area contributed by atoms with E-state index < -0.39 is 11.7 Å². The Labute approximate surface area is 142 Å². The maximum absolute atomic E-state index is 12.4. The molecule has 2 amide bonds. The molecule has 0 unspecified atom stereocenters. The van der Waals surface area contributed by atoms with Crippen molar-refractivity contribution in [1.29, 1.82) is 0 Å². The number of carbonyl (C=O) groups is 2. The minimum Gasteiger partial charge on any atom is -0.444 e. The second-order valence-corrected chi connectivity index (χ2v) is 7.85. The van der Waals surface area contributed by atoms with Gasteiger partial charge in [-0.25, -0.2) is 4.79 Å². The highest BCUT2D eigenvalue weighted by Crippen LogP contribution is 2.33. The third-order valence-corrected chi connectivity index (χ3v) is 4.83. The van der Waals surface area contributed by atoms with Crippen LogP contribution in [0.4, 0.5) is 4.79 Å². The summed E-state index contributed by atoms with van der Waals surface area (Å²) in [6, 6.07) is 2.27. The topological polar surface area (TPSA) is 58.6 Å². The van der Waals surface area contributed by atoms with E-state index in [0.29, 0.717) is 19.4 Å². The van der Waals surface area contributed by atoms with Crippen molar-refractivity contribution in [3.8, 4) is 0 Å². The van der Waals surface area contributed by atoms with Gasteiger partial charge in [-0.2, -0.15) is 0 Å². The van der Waals surface area contributed by atoms with Crippen LogP contribution in [0.5, 0.6) is 0 Å². The number of rotatable bonds is 4. The van der Waals surface area contributed by atoms with Crippen molar-refractivity contribution >= 4 is 23.3 Å². The molecular weight excluding hydrogens is 312 g/mol. The lowest BCUT2D eigenvalue weighted by atomic mass is 10.0. The molecular formula is C17H26N2O3S. The van der Waals surface area contributed by atoms with Crippen LogP contribution in [-0.2, 0) is 16.0 Å². The Hall–Kier alpha value is -1.56. The van der Waals surface area contributed by atoms with E-state index in [1.54, 1.807) is 11.3 Å². The van der Waals surface area contributed by atoms with Gasteiger partial charge in [-0.1, -0.05) is 0 Å². The Balaban J connectivity index is 1.73. The molecule has 2 rings (SSSR count). The number of hydrogen-bond donors (Lipinski definition) is 1. The highest BCUT2D eigenvalue weighted by molar-refractivity contribution is 7.10. The first kappa shape index (κ1) is 17.8. The molecule has 2 heterocycles. The molecule has 0 spiro atoms. The van der Waals surface area contributed by atoms with Crippen LogP contribution in [0.15, 0.2) is 11.4 Å². The molecule has 1 atom stereocenters. The molecule has 1 aromatic heterocycles. The van der Waals surface area contributed by atoms with Gasteiger partial charge in [0.2, 0.25) is 5.91 Å². The van der Waals surface area contributed by atoms with Crippen molar-refractivity contribution in [3.63, 3.8) is 0 Å². The second-order valence-electron chi connectivity index (χ2n) is 6.84. The molecule has 0 radical (unpaired) electrons. The Bertz CT molecular complexity index is 562. The average molecular weight is 338 g/mol. The summed E-state index contributed by atoms with van der Waals surface area (Å²) in [4.78, 5) is 27.3. The summed E-state index contributed by atoms with van der Waals surface area (Å²) >= 11 is 1.77. The summed E-state index contributed by atoms with van der Waals surface area (Å²) < 4.78 is 5.16. The molecule has 0 saturated carbocycles. The van der Waals surface area contributed by atoms with E-state index in [4.69, 9.17) is 4.74 Å². The number of nitrogens with one attached hydrogen (secondary N) is 1. The number of amides is 2. The number of alkyl carbamates (subject to hydrolysis) is 1. The number of carbonyl (C=O) groups excluding carboxylic acids is 2. The van der Waals surface area contributed by atoms with Gasteiger partial charge in [0, 0.05) is 24.4 Å². The molecule has 1 aliphatic rings. The Morgan fingerprint density at radius 1 is 1.43 bits per heavy atom. The normalized spacial score (nSPS) is 17.6. The molecule has 1 aromatic rings. The Kier molecular flexibility index (Phi) is 5.68. The summed E-state index contributed by atoms with van der Waals surface area (Å²) in [6.45, 7) is 8.80. The van der Waals surface area contributed by atoms with Crippen molar-refractivity contribution in [2.75, 3.05) is 13.1 Å². The minimum atomic E-state index is -0.499. The van der Waals surface area contributed by atoms with Crippen LogP contribution in [0.2, 0.25) is 0 Å².